The van der Waals surface area contributed by atoms with Crippen molar-refractivity contribution in [3.05, 3.63) is 23.7 Å². The molecule has 1 aromatic heterocycles. The van der Waals surface area contributed by atoms with Gasteiger partial charge in [-0.3, -0.25) is 4.90 Å². The number of nitrogens with zero attached hydrogens (tertiary/aromatic N) is 1. The third-order valence-electron chi connectivity index (χ3n) is 3.94. The molecular weight excluding hydrogens is 256 g/mol. The third kappa shape index (κ3) is 4.01. The first-order valence-corrected chi connectivity index (χ1v) is 8.52. The Balaban J connectivity index is 1.48. The maximum Gasteiger partial charge on any atom is 0.118 e. The maximum atomic E-state index is 5.70. The SMILES string of the molecule is CCC1CN(Cc2cc(CNC3CC3)co2)CCS1. The van der Waals surface area contributed by atoms with Crippen LogP contribution in [0.3, 0.4) is 0 Å². The first-order chi connectivity index (χ1) is 9.33. The molecule has 1 aliphatic carbocycles. The second-order valence-corrected chi connectivity index (χ2v) is 7.12. The van der Waals surface area contributed by atoms with Crippen LogP contribution in [-0.2, 0) is 13.1 Å². The summed E-state index contributed by atoms with van der Waals surface area (Å²) in [4.78, 5) is 2.53. The summed E-state index contributed by atoms with van der Waals surface area (Å²) in [6, 6.07) is 2.99. The van der Waals surface area contributed by atoms with Crippen LogP contribution < -0.4 is 5.32 Å². The monoisotopic (exact) mass is 280 g/mol. The molecule has 2 aliphatic rings. The summed E-state index contributed by atoms with van der Waals surface area (Å²) in [5.74, 6) is 2.38. The molecular formula is C15H24N2OS. The van der Waals surface area contributed by atoms with Gasteiger partial charge in [-0.1, -0.05) is 6.92 Å². The summed E-state index contributed by atoms with van der Waals surface area (Å²) < 4.78 is 5.70. The Hall–Kier alpha value is -0.450. The predicted octanol–water partition coefficient (Wildman–Crippen LogP) is 2.86. The van der Waals surface area contributed by atoms with Crippen molar-refractivity contribution in [1.29, 1.82) is 0 Å². The lowest BCUT2D eigenvalue weighted by Gasteiger charge is -2.31. The van der Waals surface area contributed by atoms with Gasteiger partial charge in [-0.25, -0.2) is 0 Å². The van der Waals surface area contributed by atoms with Gasteiger partial charge in [0.1, 0.15) is 5.76 Å². The highest BCUT2D eigenvalue weighted by atomic mass is 32.2. The Bertz CT molecular complexity index is 403. The molecule has 1 aliphatic heterocycles. The fraction of sp³-hybridized carbons (Fsp3) is 0.733. The van der Waals surface area contributed by atoms with E-state index < -0.39 is 0 Å². The van der Waals surface area contributed by atoms with Gasteiger partial charge >= 0.3 is 0 Å². The van der Waals surface area contributed by atoms with Crippen molar-refractivity contribution < 1.29 is 4.42 Å². The van der Waals surface area contributed by atoms with Gasteiger partial charge in [-0.05, 0) is 25.3 Å². The molecule has 0 bridgehead atoms. The summed E-state index contributed by atoms with van der Waals surface area (Å²) in [5, 5.41) is 4.33. The number of thioether (sulfide) groups is 1. The summed E-state index contributed by atoms with van der Waals surface area (Å²) in [7, 11) is 0. The lowest BCUT2D eigenvalue weighted by Crippen LogP contribution is -2.36. The molecule has 0 radical (unpaired) electrons. The van der Waals surface area contributed by atoms with Crippen LogP contribution in [0.25, 0.3) is 0 Å². The van der Waals surface area contributed by atoms with Crippen LogP contribution in [0.2, 0.25) is 0 Å². The van der Waals surface area contributed by atoms with Crippen molar-refractivity contribution in [2.24, 2.45) is 0 Å². The van der Waals surface area contributed by atoms with Crippen LogP contribution in [0.1, 0.15) is 37.5 Å². The fourth-order valence-corrected chi connectivity index (χ4v) is 3.79. The van der Waals surface area contributed by atoms with Crippen molar-refractivity contribution in [3.63, 3.8) is 0 Å². The Morgan fingerprint density at radius 1 is 1.47 bits per heavy atom. The minimum atomic E-state index is 0.766. The highest BCUT2D eigenvalue weighted by Crippen LogP contribution is 2.23. The number of nitrogens with one attached hydrogen (secondary N) is 1. The van der Waals surface area contributed by atoms with Crippen LogP contribution in [0.15, 0.2) is 16.7 Å². The van der Waals surface area contributed by atoms with E-state index in [2.05, 4.69) is 35.0 Å². The van der Waals surface area contributed by atoms with Crippen molar-refractivity contribution in [2.45, 2.75) is 50.6 Å². The van der Waals surface area contributed by atoms with E-state index in [1.807, 2.05) is 6.26 Å². The van der Waals surface area contributed by atoms with E-state index in [0.29, 0.717) is 0 Å². The topological polar surface area (TPSA) is 28.4 Å². The Morgan fingerprint density at radius 2 is 2.37 bits per heavy atom. The van der Waals surface area contributed by atoms with Crippen LogP contribution >= 0.6 is 11.8 Å². The Kier molecular flexibility index (Phi) is 4.51. The van der Waals surface area contributed by atoms with E-state index >= 15 is 0 Å². The molecule has 1 atom stereocenters. The summed E-state index contributed by atoms with van der Waals surface area (Å²) >= 11 is 2.12. The molecule has 1 unspecified atom stereocenters. The molecule has 106 valence electrons. The zero-order valence-electron chi connectivity index (χ0n) is 11.7. The molecule has 1 N–H and O–H groups in total. The Morgan fingerprint density at radius 3 is 3.16 bits per heavy atom. The summed E-state index contributed by atoms with van der Waals surface area (Å²) in [6.07, 6.45) is 5.87. The van der Waals surface area contributed by atoms with Crippen LogP contribution in [0.5, 0.6) is 0 Å². The molecule has 1 saturated heterocycles. The zero-order chi connectivity index (χ0) is 13.1. The van der Waals surface area contributed by atoms with E-state index in [1.54, 1.807) is 0 Å². The molecule has 4 heteroatoms. The van der Waals surface area contributed by atoms with Gasteiger partial charge in [0.15, 0.2) is 0 Å². The van der Waals surface area contributed by atoms with Crippen molar-refractivity contribution in [1.82, 2.24) is 10.2 Å². The minimum Gasteiger partial charge on any atom is -0.468 e. The number of furan rings is 1. The van der Waals surface area contributed by atoms with Gasteiger partial charge in [-0.2, -0.15) is 11.8 Å². The molecule has 2 fully saturated rings. The van der Waals surface area contributed by atoms with Gasteiger partial charge in [0.2, 0.25) is 0 Å². The second kappa shape index (κ2) is 6.33. The summed E-state index contributed by atoms with van der Waals surface area (Å²) in [6.45, 7) is 6.62. The molecule has 0 spiro atoms. The fourth-order valence-electron chi connectivity index (χ4n) is 2.54. The van der Waals surface area contributed by atoms with E-state index in [0.717, 1.165) is 30.1 Å². The van der Waals surface area contributed by atoms with E-state index in [1.165, 1.54) is 43.7 Å². The minimum absolute atomic E-state index is 0.766. The third-order valence-corrected chi connectivity index (χ3v) is 5.31. The maximum absolute atomic E-state index is 5.70. The van der Waals surface area contributed by atoms with Gasteiger partial charge in [0.25, 0.3) is 0 Å². The molecule has 2 heterocycles. The van der Waals surface area contributed by atoms with Crippen molar-refractivity contribution >= 4 is 11.8 Å². The van der Waals surface area contributed by atoms with Gasteiger partial charge in [-0.15, -0.1) is 0 Å². The van der Waals surface area contributed by atoms with Crippen LogP contribution in [0.4, 0.5) is 0 Å². The average molecular weight is 280 g/mol. The molecule has 3 rings (SSSR count). The molecule has 0 aromatic carbocycles. The lowest BCUT2D eigenvalue weighted by molar-refractivity contribution is 0.250. The average Bonchev–Trinajstić information content (AvgIpc) is 3.17. The smallest absolute Gasteiger partial charge is 0.118 e. The first kappa shape index (κ1) is 13.5. The number of hydrogen-bond acceptors (Lipinski definition) is 4. The lowest BCUT2D eigenvalue weighted by atomic mass is 10.2. The van der Waals surface area contributed by atoms with E-state index in [4.69, 9.17) is 4.42 Å². The van der Waals surface area contributed by atoms with Gasteiger partial charge < -0.3 is 9.73 Å². The standard InChI is InChI=1S/C15H24N2OS/c1-2-15-10-17(5-6-19-15)9-14-7-12(11-18-14)8-16-13-3-4-13/h7,11,13,15-16H,2-6,8-10H2,1H3. The largest absolute Gasteiger partial charge is 0.468 e. The normalized spacial score (nSPS) is 24.8. The highest BCUT2D eigenvalue weighted by molar-refractivity contribution is 8.00. The molecule has 19 heavy (non-hydrogen) atoms. The van der Waals surface area contributed by atoms with E-state index in [9.17, 15) is 0 Å². The van der Waals surface area contributed by atoms with Gasteiger partial charge in [0.05, 0.1) is 12.8 Å². The number of hydrogen-bond donors (Lipinski definition) is 1. The Labute approximate surface area is 120 Å². The molecule has 0 amide bonds. The van der Waals surface area contributed by atoms with Crippen LogP contribution in [-0.4, -0.2) is 35.0 Å². The predicted molar refractivity (Wildman–Crippen MR) is 80.4 cm³/mol. The molecule has 1 saturated carbocycles. The van der Waals surface area contributed by atoms with Crippen LogP contribution in [0, 0.1) is 0 Å². The summed E-state index contributed by atoms with van der Waals surface area (Å²) in [5.41, 5.74) is 1.29. The molecule has 3 nitrogen and oxygen atoms in total. The number of rotatable bonds is 6. The van der Waals surface area contributed by atoms with E-state index in [-0.39, 0.29) is 0 Å². The highest BCUT2D eigenvalue weighted by Gasteiger charge is 2.21. The van der Waals surface area contributed by atoms with Crippen molar-refractivity contribution in [3.8, 4) is 0 Å². The first-order valence-electron chi connectivity index (χ1n) is 7.47. The second-order valence-electron chi connectivity index (χ2n) is 5.71. The zero-order valence-corrected chi connectivity index (χ0v) is 12.5. The molecule has 1 aromatic rings. The van der Waals surface area contributed by atoms with Crippen molar-refractivity contribution in [2.75, 3.05) is 18.8 Å². The van der Waals surface area contributed by atoms with Gasteiger partial charge in [0, 0.05) is 42.2 Å². The quantitative estimate of drug-likeness (QED) is 0.867.